The Morgan fingerprint density at radius 1 is 1.35 bits per heavy atom. The normalized spacial score (nSPS) is 19.0. The van der Waals surface area contributed by atoms with Gasteiger partial charge in [0.05, 0.1) is 5.56 Å². The van der Waals surface area contributed by atoms with E-state index in [4.69, 9.17) is 25.4 Å². The number of ether oxygens (including phenoxy) is 1. The summed E-state index contributed by atoms with van der Waals surface area (Å²) in [5, 5.41) is 0.408. The molecule has 92 valence electrons. The predicted octanol–water partition coefficient (Wildman–Crippen LogP) is 2.99. The fourth-order valence-corrected chi connectivity index (χ4v) is 3.14. The van der Waals surface area contributed by atoms with Gasteiger partial charge in [0.25, 0.3) is 0 Å². The smallest absolute Gasteiger partial charge is 0.375 e. The molecule has 0 saturated heterocycles. The lowest BCUT2D eigenvalue weighted by Gasteiger charge is -2.19. The molecule has 0 aromatic heterocycles. The number of rotatable bonds is 3. The Hall–Kier alpha value is -0.870. The van der Waals surface area contributed by atoms with E-state index in [-0.39, 0.29) is 5.56 Å². The van der Waals surface area contributed by atoms with Gasteiger partial charge in [-0.25, -0.2) is 4.79 Å². The van der Waals surface area contributed by atoms with E-state index in [0.717, 1.165) is 0 Å². The fraction of sp³-hybridized carbons (Fsp3) is 0.300. The Kier molecular flexibility index (Phi) is 3.27. The highest BCUT2D eigenvalue weighted by Crippen LogP contribution is 2.63. The number of hydrogen-bond acceptors (Lipinski definition) is 5. The van der Waals surface area contributed by atoms with Crippen LogP contribution in [-0.2, 0) is 18.3 Å². The third kappa shape index (κ3) is 2.00. The van der Waals surface area contributed by atoms with E-state index in [0.29, 0.717) is 10.6 Å². The number of carbonyl (C=O) groups is 1. The molecule has 0 fully saturated rings. The van der Waals surface area contributed by atoms with Crippen molar-refractivity contribution < 1.29 is 23.1 Å². The molecule has 0 N–H and O–H groups in total. The molecular weight excluding hydrogens is 267 g/mol. The summed E-state index contributed by atoms with van der Waals surface area (Å²) in [5.74, 6) is -1.61. The Morgan fingerprint density at radius 2 is 2.00 bits per heavy atom. The first-order valence-corrected chi connectivity index (χ1v) is 6.72. The molecule has 17 heavy (non-hydrogen) atoms. The van der Waals surface area contributed by atoms with Crippen molar-refractivity contribution in [1.29, 1.82) is 0 Å². The zero-order valence-corrected chi connectivity index (χ0v) is 10.8. The maximum Gasteiger partial charge on any atom is 0.375 e. The van der Waals surface area contributed by atoms with Crippen molar-refractivity contribution in [3.05, 3.63) is 34.3 Å². The van der Waals surface area contributed by atoms with Crippen LogP contribution in [0.15, 0.2) is 18.2 Å². The van der Waals surface area contributed by atoms with Crippen molar-refractivity contribution >= 4 is 25.2 Å². The fourth-order valence-electron chi connectivity index (χ4n) is 1.65. The predicted molar refractivity (Wildman–Crippen MR) is 61.2 cm³/mol. The lowest BCUT2D eigenvalue weighted by Crippen LogP contribution is -2.03. The molecule has 5 nitrogen and oxygen atoms in total. The number of hydrogen-bond donors (Lipinski definition) is 0. The average molecular weight is 277 g/mol. The molecule has 1 unspecified atom stereocenters. The highest BCUT2D eigenvalue weighted by atomic mass is 35.5. The first-order valence-electron chi connectivity index (χ1n) is 4.73. The third-order valence-corrected chi connectivity index (χ3v) is 4.73. The first-order chi connectivity index (χ1) is 8.01. The molecule has 0 aliphatic carbocycles. The van der Waals surface area contributed by atoms with E-state index >= 15 is 0 Å². The highest BCUT2D eigenvalue weighted by molar-refractivity contribution is 7.54. The van der Waals surface area contributed by atoms with Crippen LogP contribution < -0.4 is 0 Å². The quantitative estimate of drug-likeness (QED) is 0.627. The standard InChI is InChI=1S/C10H10ClO5P/c1-14-17(13,15-2)10-7-4-3-6(11)5-8(7)9(12)16-10/h3-5,10H,1-2H3. The number of cyclic esters (lactones) is 1. The zero-order chi connectivity index (χ0) is 12.6. The molecule has 2 rings (SSSR count). The molecule has 1 aliphatic rings. The molecule has 1 atom stereocenters. The lowest BCUT2D eigenvalue weighted by atomic mass is 10.1. The van der Waals surface area contributed by atoms with Crippen LogP contribution in [0.4, 0.5) is 0 Å². The van der Waals surface area contributed by atoms with Crippen LogP contribution in [0.5, 0.6) is 0 Å². The van der Waals surface area contributed by atoms with Gasteiger partial charge in [-0.1, -0.05) is 17.7 Å². The molecular formula is C10H10ClO5P. The summed E-state index contributed by atoms with van der Waals surface area (Å²) < 4.78 is 26.9. The highest BCUT2D eigenvalue weighted by Gasteiger charge is 2.45. The molecule has 0 bridgehead atoms. The molecule has 7 heteroatoms. The number of carbonyl (C=O) groups excluding carboxylic acids is 1. The molecule has 1 heterocycles. The van der Waals surface area contributed by atoms with Gasteiger partial charge in [0.2, 0.25) is 5.85 Å². The van der Waals surface area contributed by atoms with E-state index < -0.39 is 19.4 Å². The van der Waals surface area contributed by atoms with Crippen LogP contribution >= 0.6 is 19.2 Å². The largest absolute Gasteiger partial charge is 0.441 e. The summed E-state index contributed by atoms with van der Waals surface area (Å²) in [6.45, 7) is 0. The molecule has 1 aliphatic heterocycles. The second kappa shape index (κ2) is 4.42. The van der Waals surface area contributed by atoms with Crippen LogP contribution in [0.1, 0.15) is 21.8 Å². The summed E-state index contributed by atoms with van der Waals surface area (Å²) in [5.41, 5.74) is 0.753. The Morgan fingerprint density at radius 3 is 2.59 bits per heavy atom. The summed E-state index contributed by atoms with van der Waals surface area (Å²) in [7, 11) is -1.02. The SMILES string of the molecule is COP(=O)(OC)C1OC(=O)c2cc(Cl)ccc21. The van der Waals surface area contributed by atoms with Gasteiger partial charge >= 0.3 is 13.6 Å². The number of halogens is 1. The second-order valence-electron chi connectivity index (χ2n) is 3.39. The van der Waals surface area contributed by atoms with E-state index in [1.807, 2.05) is 0 Å². The second-order valence-corrected chi connectivity index (χ2v) is 6.11. The van der Waals surface area contributed by atoms with E-state index in [1.165, 1.54) is 20.3 Å². The summed E-state index contributed by atoms with van der Waals surface area (Å²) in [6.07, 6.45) is 0. The van der Waals surface area contributed by atoms with Gasteiger partial charge in [0.1, 0.15) is 0 Å². The van der Waals surface area contributed by atoms with Gasteiger partial charge in [0, 0.05) is 24.8 Å². The molecule has 0 saturated carbocycles. The molecule has 0 amide bonds. The van der Waals surface area contributed by atoms with E-state index in [2.05, 4.69) is 0 Å². The van der Waals surface area contributed by atoms with Crippen molar-refractivity contribution in [1.82, 2.24) is 0 Å². The maximum absolute atomic E-state index is 12.2. The maximum atomic E-state index is 12.2. The third-order valence-electron chi connectivity index (χ3n) is 2.52. The average Bonchev–Trinajstić information content (AvgIpc) is 2.66. The van der Waals surface area contributed by atoms with Gasteiger partial charge in [-0.05, 0) is 12.1 Å². The van der Waals surface area contributed by atoms with Gasteiger partial charge in [-0.2, -0.15) is 0 Å². The van der Waals surface area contributed by atoms with Crippen molar-refractivity contribution in [3.63, 3.8) is 0 Å². The van der Waals surface area contributed by atoms with Crippen LogP contribution in [0.2, 0.25) is 5.02 Å². The summed E-state index contributed by atoms with van der Waals surface area (Å²) in [6, 6.07) is 4.64. The van der Waals surface area contributed by atoms with Gasteiger partial charge < -0.3 is 13.8 Å². The van der Waals surface area contributed by atoms with Crippen molar-refractivity contribution in [2.24, 2.45) is 0 Å². The summed E-state index contributed by atoms with van der Waals surface area (Å²) in [4.78, 5) is 11.6. The molecule has 0 radical (unpaired) electrons. The van der Waals surface area contributed by atoms with Crippen LogP contribution in [0, 0.1) is 0 Å². The Labute approximate surface area is 103 Å². The van der Waals surface area contributed by atoms with E-state index in [9.17, 15) is 9.36 Å². The summed E-state index contributed by atoms with van der Waals surface area (Å²) >= 11 is 5.78. The monoisotopic (exact) mass is 276 g/mol. The van der Waals surface area contributed by atoms with Crippen molar-refractivity contribution in [2.45, 2.75) is 5.85 Å². The number of esters is 1. The van der Waals surface area contributed by atoms with Crippen molar-refractivity contribution in [3.8, 4) is 0 Å². The van der Waals surface area contributed by atoms with Crippen LogP contribution in [0.25, 0.3) is 0 Å². The zero-order valence-electron chi connectivity index (χ0n) is 9.18. The topological polar surface area (TPSA) is 61.8 Å². The van der Waals surface area contributed by atoms with Crippen molar-refractivity contribution in [2.75, 3.05) is 14.2 Å². The number of benzene rings is 1. The van der Waals surface area contributed by atoms with Gasteiger partial charge in [-0.15, -0.1) is 0 Å². The molecule has 1 aromatic carbocycles. The molecule has 1 aromatic rings. The minimum Gasteiger partial charge on any atom is -0.441 e. The minimum atomic E-state index is -3.50. The van der Waals surface area contributed by atoms with E-state index in [1.54, 1.807) is 12.1 Å². The number of fused-ring (bicyclic) bond motifs is 1. The Balaban J connectivity index is 2.51. The Bertz CT molecular complexity index is 507. The van der Waals surface area contributed by atoms with Gasteiger partial charge in [0.15, 0.2) is 0 Å². The molecule has 0 spiro atoms. The first kappa shape index (κ1) is 12.6. The van der Waals surface area contributed by atoms with Crippen LogP contribution in [-0.4, -0.2) is 20.2 Å². The van der Waals surface area contributed by atoms with Crippen LogP contribution in [0.3, 0.4) is 0 Å². The minimum absolute atomic E-state index is 0.289. The lowest BCUT2D eigenvalue weighted by molar-refractivity contribution is 0.0456. The van der Waals surface area contributed by atoms with Gasteiger partial charge in [-0.3, -0.25) is 4.57 Å².